The number of aromatic nitrogens is 3. The number of hydrogen-bond donors (Lipinski definition) is 0. The molecule has 0 N–H and O–H groups in total. The summed E-state index contributed by atoms with van der Waals surface area (Å²) in [6.45, 7) is 5.63. The van der Waals surface area contributed by atoms with Gasteiger partial charge in [-0.15, -0.1) is 11.3 Å². The molecule has 0 bridgehead atoms. The largest absolute Gasteiger partial charge is 0.494 e. The fraction of sp³-hybridized carbons (Fsp3) is 0.290. The lowest BCUT2D eigenvalue weighted by atomic mass is 10.2. The van der Waals surface area contributed by atoms with Gasteiger partial charge in [-0.25, -0.2) is 4.79 Å². The van der Waals surface area contributed by atoms with Gasteiger partial charge in [0.1, 0.15) is 5.75 Å². The number of carbonyl (C=O) groups excluding carboxylic acids is 1. The minimum Gasteiger partial charge on any atom is -0.494 e. The second-order valence-electron chi connectivity index (χ2n) is 10.0. The molecule has 10 heteroatoms. The average molecular weight is 570 g/mol. The van der Waals surface area contributed by atoms with E-state index in [1.54, 1.807) is 17.4 Å². The monoisotopic (exact) mass is 569 g/mol. The molecule has 2 aromatic carbocycles. The van der Waals surface area contributed by atoms with Crippen LogP contribution in [0.5, 0.6) is 5.75 Å². The summed E-state index contributed by atoms with van der Waals surface area (Å²) in [5.74, 6) is 0.107. The van der Waals surface area contributed by atoms with E-state index in [0.29, 0.717) is 17.9 Å². The third kappa shape index (κ3) is 6.23. The Kier molecular flexibility index (Phi) is 8.20. The number of ether oxygens (including phenoxy) is 2. The maximum absolute atomic E-state index is 12.6. The Morgan fingerprint density at radius 1 is 0.951 bits per heavy atom. The van der Waals surface area contributed by atoms with Crippen molar-refractivity contribution in [2.24, 2.45) is 0 Å². The molecule has 0 spiro atoms. The van der Waals surface area contributed by atoms with Gasteiger partial charge in [-0.3, -0.25) is 14.3 Å². The number of benzene rings is 2. The quantitative estimate of drug-likeness (QED) is 0.175. The molecular weight excluding hydrogens is 538 g/mol. The first-order valence-electron chi connectivity index (χ1n) is 13.8. The highest BCUT2D eigenvalue weighted by Crippen LogP contribution is 2.31. The molecule has 1 saturated heterocycles. The van der Waals surface area contributed by atoms with Crippen LogP contribution in [-0.2, 0) is 11.5 Å². The van der Waals surface area contributed by atoms with Crippen LogP contribution in [0.4, 0.5) is 5.69 Å². The minimum absolute atomic E-state index is 0.212. The van der Waals surface area contributed by atoms with Crippen LogP contribution in [0.15, 0.2) is 83.2 Å². The second kappa shape index (κ2) is 12.5. The van der Waals surface area contributed by atoms with Gasteiger partial charge in [0.15, 0.2) is 6.73 Å². The number of unbranched alkanes of at least 4 members (excludes halogenated alkanes) is 1. The molecule has 210 valence electrons. The number of piperazine rings is 1. The number of thiophene rings is 1. The van der Waals surface area contributed by atoms with Gasteiger partial charge >= 0.3 is 5.97 Å². The van der Waals surface area contributed by atoms with Gasteiger partial charge in [0.05, 0.1) is 30.1 Å². The Bertz CT molecular complexity index is 1700. The fourth-order valence-corrected chi connectivity index (χ4v) is 6.01. The summed E-state index contributed by atoms with van der Waals surface area (Å²) in [6, 6.07) is 19.2. The lowest BCUT2D eigenvalue weighted by Gasteiger charge is -2.36. The van der Waals surface area contributed by atoms with Crippen LogP contribution in [0.3, 0.4) is 0 Å². The number of carbonyl (C=O) groups is 1. The first-order chi connectivity index (χ1) is 20.2. The van der Waals surface area contributed by atoms with Gasteiger partial charge in [0, 0.05) is 54.1 Å². The van der Waals surface area contributed by atoms with E-state index in [1.807, 2.05) is 18.2 Å². The lowest BCUT2D eigenvalue weighted by molar-refractivity contribution is 0.0373. The van der Waals surface area contributed by atoms with Crippen LogP contribution in [0, 0.1) is 0 Å². The maximum Gasteiger partial charge on any atom is 0.341 e. The number of rotatable bonds is 10. The molecule has 1 fully saturated rings. The Labute approximate surface area is 241 Å². The van der Waals surface area contributed by atoms with E-state index in [4.69, 9.17) is 9.47 Å². The number of fused-ring (bicyclic) bond motifs is 2. The van der Waals surface area contributed by atoms with E-state index >= 15 is 0 Å². The summed E-state index contributed by atoms with van der Waals surface area (Å²) in [6.07, 6.45) is 4.73. The molecule has 0 aliphatic carbocycles. The van der Waals surface area contributed by atoms with Crippen LogP contribution in [0.1, 0.15) is 23.2 Å². The standard InChI is InChI=1S/C31H31N5O4S/c37-30-9-7-23-6-8-25(20-28(23)36(30)22-40-31(38)24-10-12-32-33-21-24)39-18-2-1-13-34-14-16-35(17-15-34)27-4-3-5-29-26(27)11-19-41-29/h3-12,19-21H,1-2,13-18,22H2. The number of nitrogens with zero attached hydrogens (tertiary/aromatic N) is 5. The predicted molar refractivity (Wildman–Crippen MR) is 161 cm³/mol. The number of anilines is 1. The zero-order valence-corrected chi connectivity index (χ0v) is 23.5. The summed E-state index contributed by atoms with van der Waals surface area (Å²) in [5, 5.41) is 11.7. The number of esters is 1. The Morgan fingerprint density at radius 2 is 1.83 bits per heavy atom. The molecule has 5 aromatic rings. The van der Waals surface area contributed by atoms with Gasteiger partial charge in [0.25, 0.3) is 5.56 Å². The zero-order chi connectivity index (χ0) is 28.0. The Balaban J connectivity index is 0.982. The van der Waals surface area contributed by atoms with Crippen molar-refractivity contribution >= 4 is 44.0 Å². The van der Waals surface area contributed by atoms with Crippen LogP contribution in [0.25, 0.3) is 21.0 Å². The maximum atomic E-state index is 12.6. The Hall–Kier alpha value is -4.28. The van der Waals surface area contributed by atoms with Crippen molar-refractivity contribution in [3.63, 3.8) is 0 Å². The van der Waals surface area contributed by atoms with E-state index in [0.717, 1.165) is 51.0 Å². The van der Waals surface area contributed by atoms with Crippen LogP contribution in [-0.4, -0.2) is 65.0 Å². The van der Waals surface area contributed by atoms with Crippen molar-refractivity contribution in [2.45, 2.75) is 19.6 Å². The number of pyridine rings is 1. The van der Waals surface area contributed by atoms with Crippen LogP contribution >= 0.6 is 11.3 Å². The highest BCUT2D eigenvalue weighted by molar-refractivity contribution is 7.17. The van der Waals surface area contributed by atoms with Gasteiger partial charge in [-0.1, -0.05) is 6.07 Å². The van der Waals surface area contributed by atoms with Crippen molar-refractivity contribution in [1.29, 1.82) is 0 Å². The van der Waals surface area contributed by atoms with Gasteiger partial charge < -0.3 is 14.4 Å². The third-order valence-electron chi connectivity index (χ3n) is 7.43. The molecule has 0 atom stereocenters. The van der Waals surface area contributed by atoms with E-state index in [1.165, 1.54) is 44.9 Å². The first kappa shape index (κ1) is 26.9. The minimum atomic E-state index is -0.572. The molecular formula is C31H31N5O4S. The first-order valence-corrected chi connectivity index (χ1v) is 14.7. The van der Waals surface area contributed by atoms with Crippen molar-refractivity contribution in [1.82, 2.24) is 19.7 Å². The SMILES string of the molecule is O=C(OCn1c(=O)ccc2ccc(OCCCCN3CCN(c4cccc5sccc45)CC3)cc21)c1ccnnc1. The highest BCUT2D eigenvalue weighted by Gasteiger charge is 2.18. The van der Waals surface area contributed by atoms with Crippen LogP contribution < -0.4 is 15.2 Å². The second-order valence-corrected chi connectivity index (χ2v) is 11.0. The topological polar surface area (TPSA) is 89.8 Å². The lowest BCUT2D eigenvalue weighted by Crippen LogP contribution is -2.46. The summed E-state index contributed by atoms with van der Waals surface area (Å²) in [5.41, 5.74) is 2.01. The molecule has 6 rings (SSSR count). The van der Waals surface area contributed by atoms with Gasteiger partial charge in [-0.2, -0.15) is 10.2 Å². The molecule has 0 unspecified atom stereocenters. The summed E-state index contributed by atoms with van der Waals surface area (Å²) in [7, 11) is 0. The Morgan fingerprint density at radius 3 is 2.68 bits per heavy atom. The molecule has 0 amide bonds. The molecule has 1 aliphatic rings. The summed E-state index contributed by atoms with van der Waals surface area (Å²) < 4.78 is 14.2. The van der Waals surface area contributed by atoms with E-state index in [-0.39, 0.29) is 17.9 Å². The van der Waals surface area contributed by atoms with Crippen molar-refractivity contribution in [3.8, 4) is 5.75 Å². The average Bonchev–Trinajstić information content (AvgIpc) is 3.50. The van der Waals surface area contributed by atoms with Crippen molar-refractivity contribution in [3.05, 3.63) is 94.4 Å². The summed E-state index contributed by atoms with van der Waals surface area (Å²) >= 11 is 1.80. The van der Waals surface area contributed by atoms with Crippen molar-refractivity contribution < 1.29 is 14.3 Å². The molecule has 1 aliphatic heterocycles. The highest BCUT2D eigenvalue weighted by atomic mass is 32.1. The van der Waals surface area contributed by atoms with E-state index in [9.17, 15) is 9.59 Å². The smallest absolute Gasteiger partial charge is 0.341 e. The zero-order valence-electron chi connectivity index (χ0n) is 22.6. The van der Waals surface area contributed by atoms with E-state index < -0.39 is 5.97 Å². The van der Waals surface area contributed by atoms with E-state index in [2.05, 4.69) is 49.6 Å². The number of hydrogen-bond acceptors (Lipinski definition) is 9. The third-order valence-corrected chi connectivity index (χ3v) is 8.31. The molecule has 41 heavy (non-hydrogen) atoms. The van der Waals surface area contributed by atoms with Gasteiger partial charge in [-0.05, 0) is 72.6 Å². The fourth-order valence-electron chi connectivity index (χ4n) is 5.20. The molecule has 3 aromatic heterocycles. The van der Waals surface area contributed by atoms with Gasteiger partial charge in [0.2, 0.25) is 0 Å². The predicted octanol–water partition coefficient (Wildman–Crippen LogP) is 4.80. The molecule has 0 saturated carbocycles. The van der Waals surface area contributed by atoms with Crippen molar-refractivity contribution in [2.75, 3.05) is 44.2 Å². The molecule has 0 radical (unpaired) electrons. The molecule has 9 nitrogen and oxygen atoms in total. The molecule has 4 heterocycles. The van der Waals surface area contributed by atoms with Crippen LogP contribution in [0.2, 0.25) is 0 Å². The summed E-state index contributed by atoms with van der Waals surface area (Å²) in [4.78, 5) is 30.0. The normalized spacial score (nSPS) is 14.0.